The highest BCUT2D eigenvalue weighted by molar-refractivity contribution is 5.93. The minimum Gasteiger partial charge on any atom is -0.368 e. The summed E-state index contributed by atoms with van der Waals surface area (Å²) in [5.41, 5.74) is 14.1. The lowest BCUT2D eigenvalue weighted by molar-refractivity contribution is -0.133. The van der Waals surface area contributed by atoms with E-state index in [1.165, 1.54) is 15.0 Å². The van der Waals surface area contributed by atoms with Crippen molar-refractivity contribution in [1.29, 1.82) is 0 Å². The fraction of sp³-hybridized carbons (Fsp3) is 0.227. The molecule has 2 atom stereocenters. The number of hydrogen-bond donors (Lipinski definition) is 2. The van der Waals surface area contributed by atoms with Gasteiger partial charge in [0.2, 0.25) is 5.91 Å². The first-order valence-corrected chi connectivity index (χ1v) is 10.2. The number of anilines is 1. The Morgan fingerprint density at radius 2 is 1.66 bits per heavy atom. The van der Waals surface area contributed by atoms with Gasteiger partial charge in [0.1, 0.15) is 12.6 Å². The third-order valence-corrected chi connectivity index (χ3v) is 5.92. The number of carbonyl (C=O) groups is 3. The molecular weight excluding hydrogens is 412 g/mol. The number of nitrogens with two attached hydrogens (primary N) is 2. The van der Waals surface area contributed by atoms with Crippen LogP contribution in [0.4, 0.5) is 15.3 Å². The number of benzene rings is 2. The van der Waals surface area contributed by atoms with E-state index in [4.69, 9.17) is 16.3 Å². The molecule has 32 heavy (non-hydrogen) atoms. The van der Waals surface area contributed by atoms with Crippen LogP contribution >= 0.6 is 0 Å². The summed E-state index contributed by atoms with van der Waals surface area (Å²) >= 11 is 0. The zero-order valence-electron chi connectivity index (χ0n) is 17.1. The molecule has 2 bridgehead atoms. The van der Waals surface area contributed by atoms with E-state index in [1.54, 1.807) is 17.1 Å². The van der Waals surface area contributed by atoms with Crippen LogP contribution in [0, 0.1) is 0 Å². The number of nitrogens with zero attached hydrogens (tertiary/aromatic N) is 4. The van der Waals surface area contributed by atoms with Crippen molar-refractivity contribution in [3.05, 3.63) is 77.5 Å². The summed E-state index contributed by atoms with van der Waals surface area (Å²) in [4.78, 5) is 45.3. The van der Waals surface area contributed by atoms with Crippen LogP contribution in [-0.4, -0.2) is 58.1 Å². The summed E-state index contributed by atoms with van der Waals surface area (Å²) in [6.45, 7) is 0.540. The number of rotatable bonds is 5. The lowest BCUT2D eigenvalue weighted by Crippen LogP contribution is -2.54. The van der Waals surface area contributed by atoms with Crippen molar-refractivity contribution in [1.82, 2.24) is 15.0 Å². The highest BCUT2D eigenvalue weighted by Gasteiger charge is 2.56. The molecule has 3 aliphatic heterocycles. The van der Waals surface area contributed by atoms with Gasteiger partial charge in [0.05, 0.1) is 24.5 Å². The van der Waals surface area contributed by atoms with Crippen LogP contribution in [0.5, 0.6) is 0 Å². The van der Waals surface area contributed by atoms with E-state index in [-0.39, 0.29) is 19.7 Å². The SMILES string of the molecule is NC(=O)C1C2=C(CN(C(N)=O)N2c2ccccc2)C2CN1C(=O)N2OCc1ccccc1. The van der Waals surface area contributed by atoms with E-state index in [2.05, 4.69) is 0 Å². The topological polar surface area (TPSA) is 125 Å². The van der Waals surface area contributed by atoms with Crippen molar-refractivity contribution < 1.29 is 19.2 Å². The fourth-order valence-electron chi connectivity index (χ4n) is 4.54. The smallest absolute Gasteiger partial charge is 0.345 e. The molecule has 0 aromatic heterocycles. The van der Waals surface area contributed by atoms with Crippen LogP contribution in [0.3, 0.4) is 0 Å². The second kappa shape index (κ2) is 7.57. The van der Waals surface area contributed by atoms with Crippen molar-refractivity contribution in [3.8, 4) is 0 Å². The Labute approximate surface area is 184 Å². The third kappa shape index (κ3) is 3.04. The van der Waals surface area contributed by atoms with E-state index in [0.29, 0.717) is 17.0 Å². The van der Waals surface area contributed by atoms with Crippen molar-refractivity contribution >= 4 is 23.7 Å². The summed E-state index contributed by atoms with van der Waals surface area (Å²) < 4.78 is 0. The first kappa shape index (κ1) is 19.9. The molecular formula is C22H22N6O4. The Bertz CT molecular complexity index is 1110. The molecule has 164 valence electrons. The summed E-state index contributed by atoms with van der Waals surface area (Å²) in [5.74, 6) is -0.693. The number of amides is 5. The fourth-order valence-corrected chi connectivity index (χ4v) is 4.54. The van der Waals surface area contributed by atoms with Gasteiger partial charge >= 0.3 is 12.1 Å². The molecule has 1 fully saturated rings. The van der Waals surface area contributed by atoms with E-state index >= 15 is 0 Å². The molecule has 0 spiro atoms. The molecule has 3 aliphatic rings. The van der Waals surface area contributed by atoms with Gasteiger partial charge in [0.15, 0.2) is 6.04 Å². The number of hydroxylamine groups is 2. The standard InChI is InChI=1S/C22H22N6O4/c23-20(29)19-18-16(11-26(21(24)30)27(18)15-9-5-2-6-10-15)17-12-25(19)22(31)28(17)32-13-14-7-3-1-4-8-14/h1-10,17,19H,11-13H2,(H2,23,29)(H2,24,30). The molecule has 3 heterocycles. The lowest BCUT2D eigenvalue weighted by Gasteiger charge is -2.36. The molecule has 1 saturated heterocycles. The second-order valence-electron chi connectivity index (χ2n) is 7.79. The summed E-state index contributed by atoms with van der Waals surface area (Å²) in [6.07, 6.45) is 0. The summed E-state index contributed by atoms with van der Waals surface area (Å²) in [7, 11) is 0. The average molecular weight is 434 g/mol. The molecule has 0 radical (unpaired) electrons. The Morgan fingerprint density at radius 3 is 2.28 bits per heavy atom. The predicted octanol–water partition coefficient (Wildman–Crippen LogP) is 1.16. The Hall–Kier alpha value is -4.05. The molecule has 5 rings (SSSR count). The van der Waals surface area contributed by atoms with Crippen molar-refractivity contribution in [2.75, 3.05) is 18.1 Å². The van der Waals surface area contributed by atoms with Gasteiger partial charge < -0.3 is 16.4 Å². The van der Waals surface area contributed by atoms with E-state index in [9.17, 15) is 14.4 Å². The maximum absolute atomic E-state index is 13.2. The van der Waals surface area contributed by atoms with Gasteiger partial charge in [-0.25, -0.2) is 14.6 Å². The van der Waals surface area contributed by atoms with Gasteiger partial charge in [-0.1, -0.05) is 48.5 Å². The molecule has 0 saturated carbocycles. The Kier molecular flexibility index (Phi) is 4.71. The van der Waals surface area contributed by atoms with Crippen LogP contribution in [0.15, 0.2) is 71.9 Å². The quantitative estimate of drug-likeness (QED) is 0.731. The van der Waals surface area contributed by atoms with Crippen LogP contribution in [-0.2, 0) is 16.2 Å². The molecule has 10 heteroatoms. The third-order valence-electron chi connectivity index (χ3n) is 5.92. The molecule has 10 nitrogen and oxygen atoms in total. The minimum absolute atomic E-state index is 0.125. The number of primary amides is 2. The Morgan fingerprint density at radius 1 is 1.00 bits per heavy atom. The average Bonchev–Trinajstić information content (AvgIpc) is 3.32. The first-order chi connectivity index (χ1) is 15.5. The maximum atomic E-state index is 13.2. The van der Waals surface area contributed by atoms with Gasteiger partial charge in [-0.05, 0) is 17.7 Å². The monoisotopic (exact) mass is 434 g/mol. The molecule has 2 unspecified atom stereocenters. The second-order valence-corrected chi connectivity index (χ2v) is 7.79. The highest BCUT2D eigenvalue weighted by Crippen LogP contribution is 2.42. The van der Waals surface area contributed by atoms with Crippen LogP contribution < -0.4 is 16.5 Å². The number of carbonyl (C=O) groups excluding carboxylic acids is 3. The van der Waals surface area contributed by atoms with E-state index in [0.717, 1.165) is 5.56 Å². The molecule has 4 N–H and O–H groups in total. The molecule has 0 aliphatic carbocycles. The largest absolute Gasteiger partial charge is 0.368 e. The van der Waals surface area contributed by atoms with Crippen LogP contribution in [0.2, 0.25) is 0 Å². The van der Waals surface area contributed by atoms with Crippen molar-refractivity contribution in [2.45, 2.75) is 18.7 Å². The molecule has 5 amide bonds. The Balaban J connectivity index is 1.55. The van der Waals surface area contributed by atoms with Gasteiger partial charge in [-0.15, -0.1) is 0 Å². The highest BCUT2D eigenvalue weighted by atomic mass is 16.7. The first-order valence-electron chi connectivity index (χ1n) is 10.2. The summed E-state index contributed by atoms with van der Waals surface area (Å²) in [6, 6.07) is 15.8. The number of urea groups is 2. The van der Waals surface area contributed by atoms with Gasteiger partial charge in [-0.2, -0.15) is 5.06 Å². The van der Waals surface area contributed by atoms with Gasteiger partial charge in [0, 0.05) is 5.57 Å². The number of para-hydroxylation sites is 1. The zero-order chi connectivity index (χ0) is 22.4. The molecule has 2 aromatic rings. The normalized spacial score (nSPS) is 21.9. The predicted molar refractivity (Wildman–Crippen MR) is 114 cm³/mol. The van der Waals surface area contributed by atoms with Crippen molar-refractivity contribution in [3.63, 3.8) is 0 Å². The number of fused-ring (bicyclic) bond motifs is 3. The van der Waals surface area contributed by atoms with Gasteiger partial charge in [-0.3, -0.25) is 14.6 Å². The van der Waals surface area contributed by atoms with Crippen LogP contribution in [0.1, 0.15) is 5.56 Å². The maximum Gasteiger partial charge on any atom is 0.345 e. The number of hydrazine groups is 1. The zero-order valence-corrected chi connectivity index (χ0v) is 17.1. The minimum atomic E-state index is -1.05. The lowest BCUT2D eigenvalue weighted by atomic mass is 9.96. The van der Waals surface area contributed by atoms with Crippen LogP contribution in [0.25, 0.3) is 0 Å². The number of hydrogen-bond acceptors (Lipinski definition) is 5. The molecule has 2 aromatic carbocycles. The van der Waals surface area contributed by atoms with Gasteiger partial charge in [0.25, 0.3) is 0 Å². The summed E-state index contributed by atoms with van der Waals surface area (Å²) in [5, 5.41) is 4.21. The van der Waals surface area contributed by atoms with Crippen molar-refractivity contribution in [2.24, 2.45) is 11.5 Å². The van der Waals surface area contributed by atoms with E-state index in [1.807, 2.05) is 48.5 Å². The van der Waals surface area contributed by atoms with E-state index < -0.39 is 30.1 Å².